The summed E-state index contributed by atoms with van der Waals surface area (Å²) in [6, 6.07) is 5.55. The van der Waals surface area contributed by atoms with Gasteiger partial charge in [-0.15, -0.1) is 0 Å². The monoisotopic (exact) mass is 391 g/mol. The number of nitro groups is 1. The second kappa shape index (κ2) is 9.34. The number of hydrogen-bond acceptors (Lipinski definition) is 5. The van der Waals surface area contributed by atoms with Crippen LogP contribution in [0.3, 0.4) is 0 Å². The molecule has 8 nitrogen and oxygen atoms in total. The minimum Gasteiger partial charge on any atom is -0.444 e. The van der Waals surface area contributed by atoms with E-state index in [2.05, 4.69) is 10.6 Å². The molecule has 154 valence electrons. The van der Waals surface area contributed by atoms with Crippen LogP contribution in [0.25, 0.3) is 6.08 Å². The van der Waals surface area contributed by atoms with Crippen molar-refractivity contribution in [3.8, 4) is 0 Å². The summed E-state index contributed by atoms with van der Waals surface area (Å²) in [7, 11) is 0. The average Bonchev–Trinajstić information content (AvgIpc) is 2.54. The summed E-state index contributed by atoms with van der Waals surface area (Å²) >= 11 is 0. The Kier molecular flexibility index (Phi) is 7.72. The van der Waals surface area contributed by atoms with Crippen molar-refractivity contribution in [2.75, 3.05) is 6.54 Å². The molecule has 1 atom stereocenters. The number of hydrogen-bond donors (Lipinski definition) is 2. The van der Waals surface area contributed by atoms with Crippen LogP contribution in [0.5, 0.6) is 0 Å². The number of carbonyl (C=O) groups excluding carboxylic acids is 2. The third-order valence-electron chi connectivity index (χ3n) is 3.74. The Bertz CT molecular complexity index is 728. The van der Waals surface area contributed by atoms with Crippen LogP contribution in [0.15, 0.2) is 30.3 Å². The molecule has 2 N–H and O–H groups in total. The Balaban J connectivity index is 2.69. The maximum Gasteiger partial charge on any atom is 0.407 e. The van der Waals surface area contributed by atoms with Gasteiger partial charge in [-0.2, -0.15) is 0 Å². The Hall–Kier alpha value is -2.90. The molecule has 0 aliphatic heterocycles. The van der Waals surface area contributed by atoms with E-state index >= 15 is 0 Å². The van der Waals surface area contributed by atoms with Crippen molar-refractivity contribution < 1.29 is 19.2 Å². The van der Waals surface area contributed by atoms with E-state index in [0.29, 0.717) is 5.56 Å². The maximum atomic E-state index is 12.3. The van der Waals surface area contributed by atoms with Crippen LogP contribution in [-0.4, -0.2) is 35.1 Å². The highest BCUT2D eigenvalue weighted by Gasteiger charge is 2.27. The molecule has 8 heteroatoms. The zero-order chi connectivity index (χ0) is 21.5. The molecule has 0 saturated carbocycles. The molecule has 2 amide bonds. The lowest BCUT2D eigenvalue weighted by Gasteiger charge is -2.31. The molecule has 0 saturated heterocycles. The Labute approximate surface area is 165 Å². The number of nitro benzene ring substituents is 1. The van der Waals surface area contributed by atoms with Gasteiger partial charge in [0.15, 0.2) is 0 Å². The van der Waals surface area contributed by atoms with E-state index in [-0.39, 0.29) is 29.6 Å². The summed E-state index contributed by atoms with van der Waals surface area (Å²) in [6.45, 7) is 11.4. The third-order valence-corrected chi connectivity index (χ3v) is 3.74. The van der Waals surface area contributed by atoms with E-state index in [1.165, 1.54) is 18.2 Å². The van der Waals surface area contributed by atoms with E-state index in [0.717, 1.165) is 0 Å². The van der Waals surface area contributed by atoms with Gasteiger partial charge in [-0.05, 0) is 50.0 Å². The predicted molar refractivity (Wildman–Crippen MR) is 108 cm³/mol. The number of amides is 2. The van der Waals surface area contributed by atoms with Gasteiger partial charge in [0.2, 0.25) is 5.91 Å². The van der Waals surface area contributed by atoms with Gasteiger partial charge < -0.3 is 15.4 Å². The van der Waals surface area contributed by atoms with E-state index in [1.54, 1.807) is 39.0 Å². The lowest BCUT2D eigenvalue weighted by Crippen LogP contribution is -2.50. The zero-order valence-corrected chi connectivity index (χ0v) is 17.2. The highest BCUT2D eigenvalue weighted by Crippen LogP contribution is 2.19. The van der Waals surface area contributed by atoms with Crippen LogP contribution < -0.4 is 10.6 Å². The smallest absolute Gasteiger partial charge is 0.407 e. The van der Waals surface area contributed by atoms with Gasteiger partial charge in [0.05, 0.1) is 11.0 Å². The first kappa shape index (κ1) is 23.1. The van der Waals surface area contributed by atoms with Crippen molar-refractivity contribution in [3.05, 3.63) is 46.0 Å². The summed E-state index contributed by atoms with van der Waals surface area (Å²) in [5, 5.41) is 16.2. The number of non-ortho nitro benzene ring substituents is 1. The van der Waals surface area contributed by atoms with Crippen LogP contribution in [0.2, 0.25) is 0 Å². The van der Waals surface area contributed by atoms with E-state index in [1.807, 2.05) is 20.8 Å². The van der Waals surface area contributed by atoms with Crippen LogP contribution in [-0.2, 0) is 9.53 Å². The molecule has 1 aromatic rings. The first-order chi connectivity index (χ1) is 12.8. The van der Waals surface area contributed by atoms with Gasteiger partial charge in [-0.1, -0.05) is 20.8 Å². The zero-order valence-electron chi connectivity index (χ0n) is 17.2. The molecule has 28 heavy (non-hydrogen) atoms. The topological polar surface area (TPSA) is 111 Å². The number of benzene rings is 1. The molecule has 0 aromatic heterocycles. The molecule has 1 unspecified atom stereocenters. The summed E-state index contributed by atoms with van der Waals surface area (Å²) < 4.78 is 5.21. The standard InChI is InChI=1S/C20H29N3O5/c1-19(2,3)16(13-21-18(25)28-20(4,5)6)22-17(24)12-9-14-7-10-15(11-8-14)23(26)27/h7-12,16H,13H2,1-6H3,(H,21,25)(H,22,24). The van der Waals surface area contributed by atoms with Gasteiger partial charge in [0, 0.05) is 24.8 Å². The van der Waals surface area contributed by atoms with Crippen LogP contribution >= 0.6 is 0 Å². The lowest BCUT2D eigenvalue weighted by atomic mass is 9.86. The van der Waals surface area contributed by atoms with Crippen molar-refractivity contribution in [3.63, 3.8) is 0 Å². The molecule has 0 spiro atoms. The highest BCUT2D eigenvalue weighted by molar-refractivity contribution is 5.92. The molecule has 0 aliphatic rings. The van der Waals surface area contributed by atoms with Crippen molar-refractivity contribution in [2.24, 2.45) is 5.41 Å². The van der Waals surface area contributed by atoms with Gasteiger partial charge in [0.1, 0.15) is 5.60 Å². The SMILES string of the molecule is CC(C)(C)OC(=O)NCC(NC(=O)C=Cc1ccc([N+](=O)[O-])cc1)C(C)(C)C. The fourth-order valence-corrected chi connectivity index (χ4v) is 2.17. The van der Waals surface area contributed by atoms with Gasteiger partial charge >= 0.3 is 6.09 Å². The molecule has 0 aliphatic carbocycles. The normalized spacial score (nSPS) is 13.1. The van der Waals surface area contributed by atoms with Crippen LogP contribution in [0, 0.1) is 15.5 Å². The molecule has 1 rings (SSSR count). The number of nitrogens with zero attached hydrogens (tertiary/aromatic N) is 1. The summed E-state index contributed by atoms with van der Waals surface area (Å²) in [6.07, 6.45) is 2.38. The Morgan fingerprint density at radius 1 is 1.14 bits per heavy atom. The second-order valence-corrected chi connectivity index (χ2v) is 8.49. The van der Waals surface area contributed by atoms with E-state index < -0.39 is 16.6 Å². The molecule has 0 fully saturated rings. The molecule has 0 heterocycles. The Morgan fingerprint density at radius 2 is 1.71 bits per heavy atom. The van der Waals surface area contributed by atoms with Gasteiger partial charge in [-0.3, -0.25) is 14.9 Å². The lowest BCUT2D eigenvalue weighted by molar-refractivity contribution is -0.384. The molecule has 0 radical (unpaired) electrons. The van der Waals surface area contributed by atoms with Gasteiger partial charge in [-0.25, -0.2) is 4.79 Å². The maximum absolute atomic E-state index is 12.3. The second-order valence-electron chi connectivity index (χ2n) is 8.49. The number of ether oxygens (including phenoxy) is 1. The molecular weight excluding hydrogens is 362 g/mol. The molecular formula is C20H29N3O5. The quantitative estimate of drug-likeness (QED) is 0.437. The minimum atomic E-state index is -0.599. The van der Waals surface area contributed by atoms with Crippen LogP contribution in [0.4, 0.5) is 10.5 Å². The first-order valence-electron chi connectivity index (χ1n) is 8.98. The Morgan fingerprint density at radius 3 is 2.18 bits per heavy atom. The highest BCUT2D eigenvalue weighted by atomic mass is 16.6. The fraction of sp³-hybridized carbons (Fsp3) is 0.500. The molecule has 1 aromatic carbocycles. The average molecular weight is 391 g/mol. The number of alkyl carbamates (subject to hydrolysis) is 1. The summed E-state index contributed by atoms with van der Waals surface area (Å²) in [4.78, 5) is 34.3. The van der Waals surface area contributed by atoms with E-state index in [9.17, 15) is 19.7 Å². The first-order valence-corrected chi connectivity index (χ1v) is 8.98. The summed E-state index contributed by atoms with van der Waals surface area (Å²) in [5.74, 6) is -0.329. The van der Waals surface area contributed by atoms with Crippen molar-refractivity contribution in [1.29, 1.82) is 0 Å². The third kappa shape index (κ3) is 8.66. The fourth-order valence-electron chi connectivity index (χ4n) is 2.17. The number of rotatable bonds is 6. The van der Waals surface area contributed by atoms with E-state index in [4.69, 9.17) is 4.74 Å². The van der Waals surface area contributed by atoms with Crippen molar-refractivity contribution in [2.45, 2.75) is 53.2 Å². The largest absolute Gasteiger partial charge is 0.444 e. The minimum absolute atomic E-state index is 0.0115. The van der Waals surface area contributed by atoms with Crippen molar-refractivity contribution >= 4 is 23.8 Å². The summed E-state index contributed by atoms with van der Waals surface area (Å²) in [5.41, 5.74) is -0.244. The molecule has 0 bridgehead atoms. The van der Waals surface area contributed by atoms with Crippen molar-refractivity contribution in [1.82, 2.24) is 10.6 Å². The number of nitrogens with one attached hydrogen (secondary N) is 2. The number of carbonyl (C=O) groups is 2. The van der Waals surface area contributed by atoms with Crippen LogP contribution in [0.1, 0.15) is 47.1 Å². The van der Waals surface area contributed by atoms with Gasteiger partial charge in [0.25, 0.3) is 5.69 Å². The predicted octanol–water partition coefficient (Wildman–Crippen LogP) is 3.66.